The van der Waals surface area contributed by atoms with Gasteiger partial charge in [0.05, 0.1) is 11.9 Å². The number of aromatic nitrogens is 5. The Bertz CT molecular complexity index is 396. The quantitative estimate of drug-likeness (QED) is 0.711. The topological polar surface area (TPSA) is 79.4 Å². The predicted octanol–water partition coefficient (Wildman–Crippen LogP) is -0.0189. The van der Waals surface area contributed by atoms with Crippen LogP contribution in [0.4, 0.5) is 0 Å². The highest BCUT2D eigenvalue weighted by Gasteiger charge is 2.04. The van der Waals surface area contributed by atoms with Crippen molar-refractivity contribution < 1.29 is 0 Å². The van der Waals surface area contributed by atoms with E-state index >= 15 is 0 Å². The summed E-state index contributed by atoms with van der Waals surface area (Å²) in [5.41, 5.74) is 1.59. The zero-order valence-corrected chi connectivity index (χ0v) is 7.73. The largest absolute Gasteiger partial charge is 0.314 e. The average Bonchev–Trinajstić information content (AvgIpc) is 2.71. The van der Waals surface area contributed by atoms with Gasteiger partial charge in [0.25, 0.3) is 0 Å². The van der Waals surface area contributed by atoms with Crippen molar-refractivity contribution in [3.05, 3.63) is 24.2 Å². The second-order valence-corrected chi connectivity index (χ2v) is 2.76. The summed E-state index contributed by atoms with van der Waals surface area (Å²) in [5.74, 6) is 0.589. The Labute approximate surface area is 80.8 Å². The fourth-order valence-corrected chi connectivity index (χ4v) is 1.11. The third-order valence-electron chi connectivity index (χ3n) is 1.72. The second-order valence-electron chi connectivity index (χ2n) is 2.76. The van der Waals surface area contributed by atoms with Gasteiger partial charge in [-0.1, -0.05) is 0 Å². The van der Waals surface area contributed by atoms with Gasteiger partial charge in [-0.25, -0.2) is 9.97 Å². The van der Waals surface area contributed by atoms with E-state index in [9.17, 15) is 0 Å². The van der Waals surface area contributed by atoms with Crippen molar-refractivity contribution in [2.75, 3.05) is 7.05 Å². The van der Waals surface area contributed by atoms with Crippen LogP contribution in [0.15, 0.2) is 18.5 Å². The van der Waals surface area contributed by atoms with Crippen molar-refractivity contribution in [3.8, 4) is 11.5 Å². The standard InChI is InChI=1S/C8H10N6/c1-9-4-6-2-3-10-8(12-6)7-5-11-14-13-7/h2-3,5,9H,4H2,1H3,(H,11,13,14). The molecule has 0 aromatic carbocycles. The van der Waals surface area contributed by atoms with E-state index in [-0.39, 0.29) is 0 Å². The van der Waals surface area contributed by atoms with Crippen LogP contribution in [0.1, 0.15) is 5.69 Å². The summed E-state index contributed by atoms with van der Waals surface area (Å²) < 4.78 is 0. The molecule has 2 N–H and O–H groups in total. The lowest BCUT2D eigenvalue weighted by atomic mass is 10.3. The summed E-state index contributed by atoms with van der Waals surface area (Å²) in [6.45, 7) is 0.716. The van der Waals surface area contributed by atoms with Crippen LogP contribution in [0.2, 0.25) is 0 Å². The fourth-order valence-electron chi connectivity index (χ4n) is 1.11. The summed E-state index contributed by atoms with van der Waals surface area (Å²) in [7, 11) is 1.87. The molecule has 0 saturated heterocycles. The maximum absolute atomic E-state index is 4.31. The van der Waals surface area contributed by atoms with Crippen LogP contribution in [0.25, 0.3) is 11.5 Å². The predicted molar refractivity (Wildman–Crippen MR) is 50.2 cm³/mol. The number of hydrogen-bond donors (Lipinski definition) is 2. The van der Waals surface area contributed by atoms with E-state index in [2.05, 4.69) is 30.7 Å². The minimum Gasteiger partial charge on any atom is -0.314 e. The Balaban J connectivity index is 2.31. The van der Waals surface area contributed by atoms with Crippen molar-refractivity contribution >= 4 is 0 Å². The maximum atomic E-state index is 4.31. The van der Waals surface area contributed by atoms with E-state index < -0.39 is 0 Å². The molecule has 2 rings (SSSR count). The highest BCUT2D eigenvalue weighted by molar-refractivity contribution is 5.45. The number of nitrogens with one attached hydrogen (secondary N) is 2. The molecule has 14 heavy (non-hydrogen) atoms. The van der Waals surface area contributed by atoms with Gasteiger partial charge in [0.2, 0.25) is 0 Å². The van der Waals surface area contributed by atoms with E-state index in [1.807, 2.05) is 13.1 Å². The smallest absolute Gasteiger partial charge is 0.181 e. The summed E-state index contributed by atoms with van der Waals surface area (Å²) >= 11 is 0. The van der Waals surface area contributed by atoms with Crippen LogP contribution in [0, 0.1) is 0 Å². The van der Waals surface area contributed by atoms with Gasteiger partial charge in [0.1, 0.15) is 5.69 Å². The molecular weight excluding hydrogens is 180 g/mol. The van der Waals surface area contributed by atoms with Crippen molar-refractivity contribution in [1.29, 1.82) is 0 Å². The number of H-pyrrole nitrogens is 1. The van der Waals surface area contributed by atoms with Gasteiger partial charge in [-0.3, -0.25) is 0 Å². The van der Waals surface area contributed by atoms with Gasteiger partial charge in [0, 0.05) is 12.7 Å². The molecule has 0 atom stereocenters. The van der Waals surface area contributed by atoms with Crippen LogP contribution in [0.3, 0.4) is 0 Å². The number of hydrogen-bond acceptors (Lipinski definition) is 5. The first-order valence-corrected chi connectivity index (χ1v) is 4.23. The molecular formula is C8H10N6. The maximum Gasteiger partial charge on any atom is 0.181 e. The van der Waals surface area contributed by atoms with Crippen molar-refractivity contribution in [2.24, 2.45) is 0 Å². The van der Waals surface area contributed by atoms with Gasteiger partial charge >= 0.3 is 0 Å². The molecule has 6 nitrogen and oxygen atoms in total. The lowest BCUT2D eigenvalue weighted by Gasteiger charge is -1.99. The molecule has 0 amide bonds. The summed E-state index contributed by atoms with van der Waals surface area (Å²) in [6, 6.07) is 1.86. The fraction of sp³-hybridized carbons (Fsp3) is 0.250. The molecule has 0 unspecified atom stereocenters. The molecule has 6 heteroatoms. The van der Waals surface area contributed by atoms with E-state index in [0.717, 1.165) is 5.69 Å². The third kappa shape index (κ3) is 1.74. The summed E-state index contributed by atoms with van der Waals surface area (Å²) in [6.07, 6.45) is 3.31. The van der Waals surface area contributed by atoms with Gasteiger partial charge in [-0.15, -0.1) is 0 Å². The first-order valence-electron chi connectivity index (χ1n) is 4.23. The molecule has 0 spiro atoms. The van der Waals surface area contributed by atoms with Crippen LogP contribution in [0.5, 0.6) is 0 Å². The normalized spacial score (nSPS) is 10.4. The van der Waals surface area contributed by atoms with Crippen molar-refractivity contribution in [1.82, 2.24) is 30.7 Å². The zero-order valence-electron chi connectivity index (χ0n) is 7.73. The Morgan fingerprint density at radius 2 is 2.43 bits per heavy atom. The molecule has 0 aliphatic carbocycles. The van der Waals surface area contributed by atoms with Gasteiger partial charge in [-0.05, 0) is 13.1 Å². The van der Waals surface area contributed by atoms with Gasteiger partial charge in [-0.2, -0.15) is 15.4 Å². The van der Waals surface area contributed by atoms with Crippen molar-refractivity contribution in [3.63, 3.8) is 0 Å². The molecule has 0 aliphatic rings. The Hall–Kier alpha value is -1.82. The third-order valence-corrected chi connectivity index (χ3v) is 1.72. The van der Waals surface area contributed by atoms with Gasteiger partial charge < -0.3 is 5.32 Å². The molecule has 72 valence electrons. The van der Waals surface area contributed by atoms with Gasteiger partial charge in [0.15, 0.2) is 5.82 Å². The number of rotatable bonds is 3. The Morgan fingerprint density at radius 1 is 1.50 bits per heavy atom. The van der Waals surface area contributed by atoms with Crippen LogP contribution in [-0.4, -0.2) is 32.4 Å². The average molecular weight is 190 g/mol. The van der Waals surface area contributed by atoms with Crippen LogP contribution < -0.4 is 5.32 Å². The molecule has 2 heterocycles. The number of nitrogens with zero attached hydrogens (tertiary/aromatic N) is 4. The number of aromatic amines is 1. The molecule has 0 fully saturated rings. The highest BCUT2D eigenvalue weighted by atomic mass is 15.3. The lowest BCUT2D eigenvalue weighted by molar-refractivity contribution is 0.787. The molecule has 0 aliphatic heterocycles. The Morgan fingerprint density at radius 3 is 3.14 bits per heavy atom. The monoisotopic (exact) mass is 190 g/mol. The highest BCUT2D eigenvalue weighted by Crippen LogP contribution is 2.08. The Kier molecular flexibility index (Phi) is 2.46. The van der Waals surface area contributed by atoms with E-state index in [1.165, 1.54) is 0 Å². The minimum atomic E-state index is 0.589. The summed E-state index contributed by atoms with van der Waals surface area (Å²) in [4.78, 5) is 8.41. The first-order chi connectivity index (χ1) is 6.90. The van der Waals surface area contributed by atoms with E-state index in [0.29, 0.717) is 18.1 Å². The molecule has 2 aromatic rings. The van der Waals surface area contributed by atoms with Crippen LogP contribution >= 0.6 is 0 Å². The van der Waals surface area contributed by atoms with E-state index in [1.54, 1.807) is 12.4 Å². The first kappa shape index (κ1) is 8.76. The molecule has 0 bridgehead atoms. The lowest BCUT2D eigenvalue weighted by Crippen LogP contribution is -2.07. The molecule has 0 saturated carbocycles. The van der Waals surface area contributed by atoms with Crippen LogP contribution in [-0.2, 0) is 6.54 Å². The minimum absolute atomic E-state index is 0.589. The summed E-state index contributed by atoms with van der Waals surface area (Å²) in [5, 5.41) is 13.2. The molecule has 2 aromatic heterocycles. The van der Waals surface area contributed by atoms with Crippen molar-refractivity contribution in [2.45, 2.75) is 6.54 Å². The second kappa shape index (κ2) is 3.93. The SMILES string of the molecule is CNCc1ccnc(-c2cn[nH]n2)n1. The molecule has 0 radical (unpaired) electrons. The zero-order chi connectivity index (χ0) is 9.80. The van der Waals surface area contributed by atoms with E-state index in [4.69, 9.17) is 0 Å².